The van der Waals surface area contributed by atoms with Gasteiger partial charge in [-0.1, -0.05) is 35.4 Å². The van der Waals surface area contributed by atoms with Crippen molar-refractivity contribution in [1.82, 2.24) is 14.9 Å². The molecule has 3 rings (SSSR count). The fourth-order valence-electron chi connectivity index (χ4n) is 2.01. The first-order valence-corrected chi connectivity index (χ1v) is 8.95. The molecule has 0 bridgehead atoms. The summed E-state index contributed by atoms with van der Waals surface area (Å²) in [7, 11) is -3.70. The van der Waals surface area contributed by atoms with E-state index in [1.165, 1.54) is 12.1 Å². The van der Waals surface area contributed by atoms with Crippen LogP contribution in [0.1, 0.15) is 11.5 Å². The zero-order valence-electron chi connectivity index (χ0n) is 12.7. The first-order valence-electron chi connectivity index (χ1n) is 7.09. The summed E-state index contributed by atoms with van der Waals surface area (Å²) < 4.78 is 32.3. The first-order chi connectivity index (χ1) is 11.4. The third kappa shape index (κ3) is 3.81. The summed E-state index contributed by atoms with van der Waals surface area (Å²) in [6.45, 7) is 1.88. The zero-order valence-corrected chi connectivity index (χ0v) is 14.3. The molecule has 0 unspecified atom stereocenters. The Morgan fingerprint density at radius 1 is 1.12 bits per heavy atom. The second-order valence-electron chi connectivity index (χ2n) is 5.15. The number of hydrogen-bond donors (Lipinski definition) is 1. The number of nitrogens with one attached hydrogen (secondary N) is 1. The van der Waals surface area contributed by atoms with Gasteiger partial charge < -0.3 is 4.42 Å². The van der Waals surface area contributed by atoms with Crippen LogP contribution in [0.25, 0.3) is 11.5 Å². The van der Waals surface area contributed by atoms with Crippen LogP contribution in [0, 0.1) is 6.92 Å². The van der Waals surface area contributed by atoms with Crippen LogP contribution in [-0.2, 0) is 16.6 Å². The molecule has 1 N–H and O–H groups in total. The van der Waals surface area contributed by atoms with Gasteiger partial charge in [-0.2, -0.15) is 0 Å². The average Bonchev–Trinajstić information content (AvgIpc) is 3.03. The number of aromatic nitrogens is 2. The molecule has 0 aliphatic heterocycles. The van der Waals surface area contributed by atoms with Crippen molar-refractivity contribution in [2.75, 3.05) is 0 Å². The average molecular weight is 364 g/mol. The second kappa shape index (κ2) is 6.72. The van der Waals surface area contributed by atoms with E-state index in [-0.39, 0.29) is 17.3 Å². The molecule has 0 saturated heterocycles. The molecule has 0 atom stereocenters. The maximum absolute atomic E-state index is 12.2. The van der Waals surface area contributed by atoms with E-state index in [2.05, 4.69) is 14.9 Å². The Kier molecular flexibility index (Phi) is 4.66. The Bertz CT molecular complexity index is 953. The second-order valence-corrected chi connectivity index (χ2v) is 7.35. The van der Waals surface area contributed by atoms with E-state index in [1.807, 2.05) is 31.2 Å². The molecular formula is C16H14ClN3O3S. The van der Waals surface area contributed by atoms with Crippen LogP contribution in [0.15, 0.2) is 57.8 Å². The van der Waals surface area contributed by atoms with Crippen LogP contribution in [0.3, 0.4) is 0 Å². The molecule has 0 aliphatic carbocycles. The Balaban J connectivity index is 1.72. The van der Waals surface area contributed by atoms with Gasteiger partial charge in [0.2, 0.25) is 21.8 Å². The number of aryl methyl sites for hydroxylation is 1. The lowest BCUT2D eigenvalue weighted by Gasteiger charge is -2.04. The van der Waals surface area contributed by atoms with Crippen LogP contribution in [0.2, 0.25) is 5.02 Å². The van der Waals surface area contributed by atoms with Gasteiger partial charge in [-0.05, 0) is 37.3 Å². The molecule has 0 amide bonds. The van der Waals surface area contributed by atoms with Gasteiger partial charge in [-0.3, -0.25) is 0 Å². The third-order valence-electron chi connectivity index (χ3n) is 3.29. The highest BCUT2D eigenvalue weighted by molar-refractivity contribution is 7.89. The van der Waals surface area contributed by atoms with Crippen LogP contribution in [0.4, 0.5) is 0 Å². The Morgan fingerprint density at radius 3 is 2.58 bits per heavy atom. The molecule has 6 nitrogen and oxygen atoms in total. The Hall–Kier alpha value is -2.22. The van der Waals surface area contributed by atoms with Crippen molar-refractivity contribution < 1.29 is 12.8 Å². The Morgan fingerprint density at radius 2 is 1.88 bits per heavy atom. The fraction of sp³-hybridized carbons (Fsp3) is 0.125. The van der Waals surface area contributed by atoms with E-state index in [0.29, 0.717) is 10.9 Å². The first kappa shape index (κ1) is 16.6. The van der Waals surface area contributed by atoms with Crippen molar-refractivity contribution in [3.8, 4) is 11.5 Å². The minimum atomic E-state index is -3.70. The van der Waals surface area contributed by atoms with Gasteiger partial charge in [0.1, 0.15) is 0 Å². The van der Waals surface area contributed by atoms with E-state index in [0.717, 1.165) is 11.1 Å². The third-order valence-corrected chi connectivity index (χ3v) is 4.92. The van der Waals surface area contributed by atoms with Crippen molar-refractivity contribution >= 4 is 21.6 Å². The highest BCUT2D eigenvalue weighted by Gasteiger charge is 2.16. The quantitative estimate of drug-likeness (QED) is 0.752. The summed E-state index contributed by atoms with van der Waals surface area (Å²) in [6.07, 6.45) is 0. The SMILES string of the molecule is Cc1ccc(-c2nnc(CNS(=O)(=O)c3cccc(Cl)c3)o2)cc1. The van der Waals surface area contributed by atoms with Crippen molar-refractivity contribution in [2.24, 2.45) is 0 Å². The molecule has 1 aromatic heterocycles. The van der Waals surface area contributed by atoms with Gasteiger partial charge in [0.15, 0.2) is 0 Å². The lowest BCUT2D eigenvalue weighted by molar-refractivity contribution is 0.494. The van der Waals surface area contributed by atoms with Gasteiger partial charge in [-0.25, -0.2) is 13.1 Å². The molecule has 2 aromatic carbocycles. The monoisotopic (exact) mass is 363 g/mol. The van der Waals surface area contributed by atoms with Crippen molar-refractivity contribution in [3.63, 3.8) is 0 Å². The predicted octanol–water partition coefficient (Wildman–Crippen LogP) is 3.18. The molecule has 0 spiro atoms. The van der Waals surface area contributed by atoms with Gasteiger partial charge in [0.05, 0.1) is 11.4 Å². The zero-order chi connectivity index (χ0) is 17.2. The van der Waals surface area contributed by atoms with Crippen LogP contribution in [0.5, 0.6) is 0 Å². The summed E-state index contributed by atoms with van der Waals surface area (Å²) in [6, 6.07) is 13.6. The molecule has 0 radical (unpaired) electrons. The van der Waals surface area contributed by atoms with E-state index in [9.17, 15) is 8.42 Å². The molecule has 24 heavy (non-hydrogen) atoms. The molecule has 3 aromatic rings. The molecule has 8 heteroatoms. The standard InChI is InChI=1S/C16H14ClN3O3S/c1-11-5-7-12(8-6-11)16-20-19-15(23-16)10-18-24(21,22)14-4-2-3-13(17)9-14/h2-9,18H,10H2,1H3. The minimum absolute atomic E-state index is 0.0771. The van der Waals surface area contributed by atoms with Crippen molar-refractivity contribution in [2.45, 2.75) is 18.4 Å². The van der Waals surface area contributed by atoms with Crippen molar-refractivity contribution in [1.29, 1.82) is 0 Å². The van der Waals surface area contributed by atoms with Crippen LogP contribution in [-0.4, -0.2) is 18.6 Å². The van der Waals surface area contributed by atoms with E-state index >= 15 is 0 Å². The Labute approximate surface area is 144 Å². The number of hydrogen-bond acceptors (Lipinski definition) is 5. The molecular weight excluding hydrogens is 350 g/mol. The lowest BCUT2D eigenvalue weighted by atomic mass is 10.1. The number of nitrogens with zero attached hydrogens (tertiary/aromatic N) is 2. The van der Waals surface area contributed by atoms with Gasteiger partial charge in [-0.15, -0.1) is 10.2 Å². The number of sulfonamides is 1. The van der Waals surface area contributed by atoms with Gasteiger partial charge in [0, 0.05) is 10.6 Å². The largest absolute Gasteiger partial charge is 0.419 e. The normalized spacial score (nSPS) is 11.6. The number of halogens is 1. The molecule has 124 valence electrons. The molecule has 0 fully saturated rings. The predicted molar refractivity (Wildman–Crippen MR) is 89.9 cm³/mol. The minimum Gasteiger partial charge on any atom is -0.419 e. The van der Waals surface area contributed by atoms with Crippen LogP contribution >= 0.6 is 11.6 Å². The van der Waals surface area contributed by atoms with Crippen LogP contribution < -0.4 is 4.72 Å². The van der Waals surface area contributed by atoms with E-state index in [1.54, 1.807) is 12.1 Å². The number of rotatable bonds is 5. The maximum atomic E-state index is 12.2. The summed E-state index contributed by atoms with van der Waals surface area (Å²) in [4.78, 5) is 0.0771. The van der Waals surface area contributed by atoms with E-state index in [4.69, 9.17) is 16.0 Å². The summed E-state index contributed by atoms with van der Waals surface area (Å²) in [5, 5.41) is 8.14. The summed E-state index contributed by atoms with van der Waals surface area (Å²) >= 11 is 5.82. The lowest BCUT2D eigenvalue weighted by Crippen LogP contribution is -2.23. The molecule has 1 heterocycles. The number of benzene rings is 2. The fourth-order valence-corrected chi connectivity index (χ4v) is 3.29. The van der Waals surface area contributed by atoms with Gasteiger partial charge >= 0.3 is 0 Å². The highest BCUT2D eigenvalue weighted by Crippen LogP contribution is 2.19. The van der Waals surface area contributed by atoms with Gasteiger partial charge in [0.25, 0.3) is 0 Å². The van der Waals surface area contributed by atoms with E-state index < -0.39 is 10.0 Å². The smallest absolute Gasteiger partial charge is 0.247 e. The molecule has 0 aliphatic rings. The molecule has 0 saturated carbocycles. The topological polar surface area (TPSA) is 85.1 Å². The van der Waals surface area contributed by atoms with Crippen molar-refractivity contribution in [3.05, 3.63) is 65.0 Å². The summed E-state index contributed by atoms with van der Waals surface area (Å²) in [5.74, 6) is 0.517. The highest BCUT2D eigenvalue weighted by atomic mass is 35.5. The maximum Gasteiger partial charge on any atom is 0.247 e. The summed E-state index contributed by atoms with van der Waals surface area (Å²) in [5.41, 5.74) is 1.89.